The molecular weight excluding hydrogens is 681 g/mol. The number of hydrogen-bond acceptors (Lipinski definition) is 6. The van der Waals surface area contributed by atoms with Crippen LogP contribution in [0.15, 0.2) is 0 Å². The Balaban J connectivity index is 4.11. The first-order valence-corrected chi connectivity index (χ1v) is 24.8. The fourth-order valence-electron chi connectivity index (χ4n) is 7.98. The number of esters is 2. The third-order valence-corrected chi connectivity index (χ3v) is 11.8. The number of carbonyl (C=O) groups excluding carboxylic acids is 2. The molecule has 2 N–H and O–H groups in total. The van der Waals surface area contributed by atoms with Crippen molar-refractivity contribution in [3.05, 3.63) is 0 Å². The molecule has 55 heavy (non-hydrogen) atoms. The number of rotatable bonds is 45. The van der Waals surface area contributed by atoms with Gasteiger partial charge >= 0.3 is 11.9 Å². The quantitative estimate of drug-likeness (QED) is 0.0490. The van der Waals surface area contributed by atoms with Crippen LogP contribution >= 0.6 is 0 Å². The summed E-state index contributed by atoms with van der Waals surface area (Å²) in [4.78, 5) is 28.0. The van der Waals surface area contributed by atoms with E-state index >= 15 is 0 Å². The molecule has 0 aromatic carbocycles. The van der Waals surface area contributed by atoms with Crippen LogP contribution in [-0.4, -0.2) is 56.2 Å². The summed E-state index contributed by atoms with van der Waals surface area (Å²) in [6.07, 6.45) is 41.9. The van der Waals surface area contributed by atoms with Crippen molar-refractivity contribution in [1.29, 1.82) is 0 Å². The van der Waals surface area contributed by atoms with Crippen LogP contribution in [-0.2, 0) is 19.1 Å². The Morgan fingerprint density at radius 1 is 0.436 bits per heavy atom. The van der Waals surface area contributed by atoms with Gasteiger partial charge in [-0.2, -0.15) is 0 Å². The van der Waals surface area contributed by atoms with Crippen molar-refractivity contribution in [3.8, 4) is 0 Å². The molecule has 0 aromatic rings. The van der Waals surface area contributed by atoms with Gasteiger partial charge < -0.3 is 20.1 Å². The van der Waals surface area contributed by atoms with Gasteiger partial charge in [0.1, 0.15) is 0 Å². The third kappa shape index (κ3) is 38.2. The van der Waals surface area contributed by atoms with Crippen molar-refractivity contribution in [3.63, 3.8) is 0 Å². The first-order chi connectivity index (χ1) is 27.0. The van der Waals surface area contributed by atoms with E-state index in [-0.39, 0.29) is 17.9 Å². The maximum atomic E-state index is 12.9. The SMILES string of the molecule is CCCCCCCCC(CCCCCC)C(=O)OCCCCCCCN(CCCN)CCCCCCCOC(=O)CCC(CCCCCC)CCCCCC. The second kappa shape index (κ2) is 44.0. The summed E-state index contributed by atoms with van der Waals surface area (Å²) in [6, 6.07) is 0. The minimum Gasteiger partial charge on any atom is -0.466 e. The Bertz CT molecular complexity index is 781. The molecule has 6 nitrogen and oxygen atoms in total. The van der Waals surface area contributed by atoms with E-state index in [0.29, 0.717) is 25.6 Å². The van der Waals surface area contributed by atoms with Gasteiger partial charge in [0.25, 0.3) is 0 Å². The molecule has 0 aliphatic rings. The molecule has 1 atom stereocenters. The van der Waals surface area contributed by atoms with Gasteiger partial charge in [-0.1, -0.05) is 195 Å². The summed E-state index contributed by atoms with van der Waals surface area (Å²) < 4.78 is 11.4. The van der Waals surface area contributed by atoms with E-state index in [4.69, 9.17) is 15.2 Å². The predicted octanol–water partition coefficient (Wildman–Crippen LogP) is 14.3. The molecular formula is C49H98N2O4. The molecule has 0 saturated heterocycles. The normalized spacial score (nSPS) is 12.2. The zero-order valence-electron chi connectivity index (χ0n) is 37.8. The van der Waals surface area contributed by atoms with Crippen molar-refractivity contribution in [2.24, 2.45) is 17.6 Å². The molecule has 328 valence electrons. The fraction of sp³-hybridized carbons (Fsp3) is 0.959. The molecule has 0 spiro atoms. The zero-order valence-corrected chi connectivity index (χ0v) is 37.8. The maximum Gasteiger partial charge on any atom is 0.308 e. The number of nitrogens with zero attached hydrogens (tertiary/aromatic N) is 1. The van der Waals surface area contributed by atoms with E-state index < -0.39 is 0 Å². The van der Waals surface area contributed by atoms with Crippen molar-refractivity contribution in [2.45, 2.75) is 252 Å². The van der Waals surface area contributed by atoms with Crippen LogP contribution in [0.4, 0.5) is 0 Å². The van der Waals surface area contributed by atoms with Crippen LogP contribution in [0.1, 0.15) is 252 Å². The average Bonchev–Trinajstić information content (AvgIpc) is 3.19. The third-order valence-electron chi connectivity index (χ3n) is 11.8. The highest BCUT2D eigenvalue weighted by molar-refractivity contribution is 5.72. The van der Waals surface area contributed by atoms with Gasteiger partial charge in [-0.3, -0.25) is 9.59 Å². The topological polar surface area (TPSA) is 81.9 Å². The molecule has 0 bridgehead atoms. The Hall–Kier alpha value is -1.14. The zero-order chi connectivity index (χ0) is 40.3. The van der Waals surface area contributed by atoms with Crippen molar-refractivity contribution in [2.75, 3.05) is 39.4 Å². The molecule has 1 unspecified atom stereocenters. The van der Waals surface area contributed by atoms with E-state index in [1.807, 2.05) is 0 Å². The summed E-state index contributed by atoms with van der Waals surface area (Å²) in [5.41, 5.74) is 5.86. The molecule has 0 saturated carbocycles. The molecule has 6 heteroatoms. The van der Waals surface area contributed by atoms with Gasteiger partial charge in [-0.25, -0.2) is 0 Å². The minimum absolute atomic E-state index is 0.0156. The smallest absolute Gasteiger partial charge is 0.308 e. The summed E-state index contributed by atoms with van der Waals surface area (Å²) in [6.45, 7) is 14.4. The Morgan fingerprint density at radius 2 is 0.818 bits per heavy atom. The lowest BCUT2D eigenvalue weighted by atomic mass is 9.90. The largest absolute Gasteiger partial charge is 0.466 e. The van der Waals surface area contributed by atoms with Crippen LogP contribution in [0.2, 0.25) is 0 Å². The molecule has 0 amide bonds. The number of nitrogens with two attached hydrogens (primary N) is 1. The molecule has 0 aromatic heterocycles. The monoisotopic (exact) mass is 779 g/mol. The van der Waals surface area contributed by atoms with E-state index in [2.05, 4.69) is 32.6 Å². The van der Waals surface area contributed by atoms with Gasteiger partial charge in [-0.15, -0.1) is 0 Å². The van der Waals surface area contributed by atoms with Gasteiger partial charge in [0.2, 0.25) is 0 Å². The van der Waals surface area contributed by atoms with Crippen molar-refractivity contribution >= 4 is 11.9 Å². The summed E-state index contributed by atoms with van der Waals surface area (Å²) >= 11 is 0. The van der Waals surface area contributed by atoms with Gasteiger partial charge in [0.05, 0.1) is 19.1 Å². The summed E-state index contributed by atoms with van der Waals surface area (Å²) in [7, 11) is 0. The maximum absolute atomic E-state index is 12.9. The van der Waals surface area contributed by atoms with Gasteiger partial charge in [0, 0.05) is 6.42 Å². The molecule has 0 heterocycles. The number of carbonyl (C=O) groups is 2. The highest BCUT2D eigenvalue weighted by Gasteiger charge is 2.19. The van der Waals surface area contributed by atoms with E-state index in [9.17, 15) is 9.59 Å². The van der Waals surface area contributed by atoms with Crippen LogP contribution in [0.5, 0.6) is 0 Å². The van der Waals surface area contributed by atoms with Crippen molar-refractivity contribution < 1.29 is 19.1 Å². The standard InChI is InChI=1S/C49H98N2O4/c1-5-9-13-17-20-28-37-47(36-27-16-12-8-4)49(53)55-45-32-24-19-22-30-42-51(43-33-40-50)41-29-21-18-23-31-44-54-48(52)39-38-46(34-25-14-10-6-2)35-26-15-11-7-3/h46-47H,5-45,50H2,1-4H3. The first-order valence-electron chi connectivity index (χ1n) is 24.8. The predicted molar refractivity (Wildman–Crippen MR) is 239 cm³/mol. The molecule has 0 rings (SSSR count). The average molecular weight is 779 g/mol. The van der Waals surface area contributed by atoms with E-state index in [0.717, 1.165) is 90.4 Å². The van der Waals surface area contributed by atoms with Crippen LogP contribution in [0.25, 0.3) is 0 Å². The minimum atomic E-state index is 0.0156. The lowest BCUT2D eigenvalue weighted by Crippen LogP contribution is -2.28. The lowest BCUT2D eigenvalue weighted by Gasteiger charge is -2.22. The highest BCUT2D eigenvalue weighted by atomic mass is 16.5. The fourth-order valence-corrected chi connectivity index (χ4v) is 7.98. The number of hydrogen-bond donors (Lipinski definition) is 1. The second-order valence-corrected chi connectivity index (χ2v) is 17.1. The van der Waals surface area contributed by atoms with Gasteiger partial charge in [-0.05, 0) is 83.5 Å². The highest BCUT2D eigenvalue weighted by Crippen LogP contribution is 2.24. The van der Waals surface area contributed by atoms with E-state index in [1.54, 1.807) is 0 Å². The summed E-state index contributed by atoms with van der Waals surface area (Å²) in [5.74, 6) is 0.882. The van der Waals surface area contributed by atoms with Gasteiger partial charge in [0.15, 0.2) is 0 Å². The molecule has 0 fully saturated rings. The van der Waals surface area contributed by atoms with Crippen molar-refractivity contribution in [1.82, 2.24) is 4.90 Å². The van der Waals surface area contributed by atoms with Crippen LogP contribution in [0.3, 0.4) is 0 Å². The van der Waals surface area contributed by atoms with Crippen LogP contribution in [0, 0.1) is 11.8 Å². The molecule has 0 aliphatic carbocycles. The van der Waals surface area contributed by atoms with E-state index in [1.165, 1.54) is 154 Å². The summed E-state index contributed by atoms with van der Waals surface area (Å²) in [5, 5.41) is 0. The number of unbranched alkanes of at least 4 members (excludes halogenated alkanes) is 22. The molecule has 0 radical (unpaired) electrons. The Kier molecular flexibility index (Phi) is 43.1. The van der Waals surface area contributed by atoms with Crippen LogP contribution < -0.4 is 5.73 Å². The second-order valence-electron chi connectivity index (χ2n) is 17.1. The Labute approximate surface area is 344 Å². The Morgan fingerprint density at radius 3 is 1.31 bits per heavy atom. The number of ether oxygens (including phenoxy) is 2. The molecule has 0 aliphatic heterocycles. The first kappa shape index (κ1) is 53.9. The lowest BCUT2D eigenvalue weighted by molar-refractivity contribution is -0.149.